The van der Waals surface area contributed by atoms with Crippen molar-refractivity contribution in [1.82, 2.24) is 9.13 Å². The molecule has 8 aromatic carbocycles. The smallest absolute Gasteiger partial charge is 0.141 e. The summed E-state index contributed by atoms with van der Waals surface area (Å²) in [6.07, 6.45) is 0. The molecule has 0 aliphatic heterocycles. The second-order valence-electron chi connectivity index (χ2n) is 22.5. The summed E-state index contributed by atoms with van der Waals surface area (Å²) in [4.78, 5) is 0. The van der Waals surface area contributed by atoms with Crippen LogP contribution in [0.25, 0.3) is 88.4 Å². The number of aromatic nitrogens is 2. The van der Waals surface area contributed by atoms with E-state index < -0.39 is 0 Å². The van der Waals surface area contributed by atoms with Crippen LogP contribution in [0, 0.1) is 0 Å². The van der Waals surface area contributed by atoms with Gasteiger partial charge in [-0.25, -0.2) is 0 Å². The SMILES string of the molecule is Bc1c(B)c(B)c(-n2c3ccc(-c4c(B)c(B)c5c(c4B)c4c(B)c(B)c(B)c(B)c4n5-c4ccc5c(c4)C(C)(C)c4ccccc4-5)cc3c3ccc(-c4ccc(C(C)(C)C)cc4)cc32)c(B)c1B. The number of benzene rings is 8. The number of hydrogen-bond donors (Lipinski definition) is 0. The lowest BCUT2D eigenvalue weighted by atomic mass is 9.61. The first-order chi connectivity index (χ1) is 32.6. The summed E-state index contributed by atoms with van der Waals surface area (Å²) in [5.74, 6) is 0. The van der Waals surface area contributed by atoms with Crippen LogP contribution in [-0.2, 0) is 10.8 Å². The molecule has 0 unspecified atom stereocenters. The summed E-state index contributed by atoms with van der Waals surface area (Å²) < 4.78 is 5.22. The molecule has 322 valence electrons. The topological polar surface area (TPSA) is 9.86 Å². The van der Waals surface area contributed by atoms with Crippen LogP contribution < -0.4 is 65.6 Å². The highest BCUT2D eigenvalue weighted by Gasteiger charge is 2.36. The number of fused-ring (bicyclic) bond motifs is 9. The molecule has 0 fully saturated rings. The van der Waals surface area contributed by atoms with Crippen molar-refractivity contribution in [3.63, 3.8) is 0 Å². The zero-order valence-electron chi connectivity index (χ0n) is 44.2. The Kier molecular flexibility index (Phi) is 10.3. The van der Waals surface area contributed by atoms with Crippen LogP contribution in [0.5, 0.6) is 0 Å². The Morgan fingerprint density at radius 1 is 0.406 bits per heavy atom. The van der Waals surface area contributed by atoms with Crippen molar-refractivity contribution in [3.05, 3.63) is 120 Å². The summed E-state index contributed by atoms with van der Waals surface area (Å²) in [5.41, 5.74) is 36.0. The quantitative estimate of drug-likeness (QED) is 0.156. The van der Waals surface area contributed by atoms with E-state index in [0.29, 0.717) is 0 Å². The Hall–Kier alpha value is -5.86. The van der Waals surface area contributed by atoms with Gasteiger partial charge >= 0.3 is 0 Å². The minimum atomic E-state index is -0.0955. The van der Waals surface area contributed by atoms with E-state index in [1.165, 1.54) is 171 Å². The monoisotopic (exact) mass is 877 g/mol. The van der Waals surface area contributed by atoms with E-state index in [2.05, 4.69) is 241 Å². The van der Waals surface area contributed by atoms with E-state index >= 15 is 0 Å². The number of hydrogen-bond acceptors (Lipinski definition) is 0. The second-order valence-corrected chi connectivity index (χ2v) is 22.5. The lowest BCUT2D eigenvalue weighted by Crippen LogP contribution is -2.56. The molecule has 2 heterocycles. The van der Waals surface area contributed by atoms with E-state index in [9.17, 15) is 0 Å². The molecule has 0 saturated heterocycles. The fourth-order valence-corrected chi connectivity index (χ4v) is 12.8. The molecule has 0 spiro atoms. The van der Waals surface area contributed by atoms with Crippen LogP contribution in [0.1, 0.15) is 51.3 Å². The Morgan fingerprint density at radius 2 is 0.957 bits per heavy atom. The van der Waals surface area contributed by atoms with Gasteiger partial charge in [-0.1, -0.05) is 162 Å². The van der Waals surface area contributed by atoms with Gasteiger partial charge < -0.3 is 9.13 Å². The van der Waals surface area contributed by atoms with Gasteiger partial charge in [0.1, 0.15) is 94.2 Å². The first-order valence-corrected chi connectivity index (χ1v) is 25.2. The van der Waals surface area contributed by atoms with Crippen molar-refractivity contribution >= 4 is 203 Å². The zero-order valence-corrected chi connectivity index (χ0v) is 44.2. The van der Waals surface area contributed by atoms with Gasteiger partial charge in [-0.3, -0.25) is 0 Å². The van der Waals surface area contributed by atoms with Gasteiger partial charge in [0.25, 0.3) is 0 Å². The van der Waals surface area contributed by atoms with Crippen LogP contribution in [-0.4, -0.2) is 103 Å². The van der Waals surface area contributed by atoms with Crippen molar-refractivity contribution in [2.75, 3.05) is 0 Å². The molecule has 1 aliphatic rings. The predicted octanol–water partition coefficient (Wildman–Crippen LogP) is -6.08. The van der Waals surface area contributed by atoms with Gasteiger partial charge in [0.05, 0.1) is 11.0 Å². The van der Waals surface area contributed by atoms with Gasteiger partial charge in [-0.05, 0) is 91.2 Å². The molecule has 1 aliphatic carbocycles. The standard InChI is InChI=1S/C55H56B12N2/c1-54(2,3)26-14-10-23(11-15-26)24-12-17-30-31-20-25(13-19-34(31)69(35(30)21-24)53-49(66)45(62)43(60)46(63)50(53)67)36-39(56)37-38-41(58)42(59)44(61)48(65)52(38)68(51(37)47(64)40(36)57)27-16-18-29-28-8-6-7-9-32(28)55(4,5)33(29)22-27/h6-22H,56-67H2,1-5H3. The summed E-state index contributed by atoms with van der Waals surface area (Å²) in [6.45, 7) is 11.7. The highest BCUT2D eigenvalue weighted by molar-refractivity contribution is 6.70. The molecule has 69 heavy (non-hydrogen) atoms. The minimum absolute atomic E-state index is 0.0955. The lowest BCUT2D eigenvalue weighted by Gasteiger charge is -2.23. The summed E-state index contributed by atoms with van der Waals surface area (Å²) in [5, 5.41) is 5.32. The normalized spacial score (nSPS) is 13.2. The van der Waals surface area contributed by atoms with Crippen LogP contribution >= 0.6 is 0 Å². The van der Waals surface area contributed by atoms with Crippen molar-refractivity contribution in [1.29, 1.82) is 0 Å². The predicted molar refractivity (Wildman–Crippen MR) is 340 cm³/mol. The van der Waals surface area contributed by atoms with Gasteiger partial charge in [0.15, 0.2) is 0 Å². The average Bonchev–Trinajstić information content (AvgIpc) is 3.94. The van der Waals surface area contributed by atoms with Crippen LogP contribution in [0.3, 0.4) is 0 Å². The molecule has 10 aromatic rings. The maximum absolute atomic E-state index is 2.64. The van der Waals surface area contributed by atoms with Crippen molar-refractivity contribution < 1.29 is 0 Å². The molecule has 0 radical (unpaired) electrons. The maximum Gasteiger partial charge on any atom is 0.141 e. The highest BCUT2D eigenvalue weighted by atomic mass is 15.0. The summed E-state index contributed by atoms with van der Waals surface area (Å²) >= 11 is 0. The molecule has 2 aromatic heterocycles. The minimum Gasteiger partial charge on any atom is -0.310 e. The molecule has 0 N–H and O–H groups in total. The third-order valence-corrected chi connectivity index (χ3v) is 17.8. The van der Waals surface area contributed by atoms with Gasteiger partial charge in [-0.15, -0.1) is 10.9 Å². The van der Waals surface area contributed by atoms with Crippen molar-refractivity contribution in [3.8, 4) is 44.8 Å². The lowest BCUT2D eigenvalue weighted by molar-refractivity contribution is 0.590. The van der Waals surface area contributed by atoms with Crippen LogP contribution in [0.2, 0.25) is 0 Å². The van der Waals surface area contributed by atoms with E-state index in [1.54, 1.807) is 0 Å². The summed E-state index contributed by atoms with van der Waals surface area (Å²) in [7, 11) is 28.0. The van der Waals surface area contributed by atoms with E-state index in [0.717, 1.165) is 0 Å². The third kappa shape index (κ3) is 6.35. The molecule has 0 bridgehead atoms. The van der Waals surface area contributed by atoms with Crippen molar-refractivity contribution in [2.45, 2.75) is 45.4 Å². The second kappa shape index (κ2) is 15.6. The fourth-order valence-electron chi connectivity index (χ4n) is 12.8. The van der Waals surface area contributed by atoms with Gasteiger partial charge in [0.2, 0.25) is 0 Å². The fraction of sp³-hybridized carbons (Fsp3) is 0.127. The molecule has 0 amide bonds. The first kappa shape index (κ1) is 45.6. The Bertz CT molecular complexity index is 3900. The van der Waals surface area contributed by atoms with E-state index in [-0.39, 0.29) is 10.8 Å². The molecule has 14 heteroatoms. The molecule has 11 rings (SSSR count). The number of nitrogens with zero attached hydrogens (tertiary/aromatic N) is 2. The van der Waals surface area contributed by atoms with Crippen LogP contribution in [0.4, 0.5) is 0 Å². The Labute approximate surface area is 420 Å². The third-order valence-electron chi connectivity index (χ3n) is 17.8. The molecule has 0 atom stereocenters. The Morgan fingerprint density at radius 3 is 1.62 bits per heavy atom. The van der Waals surface area contributed by atoms with Gasteiger partial charge in [-0.2, -0.15) is 0 Å². The van der Waals surface area contributed by atoms with E-state index in [1.807, 2.05) is 0 Å². The van der Waals surface area contributed by atoms with Crippen molar-refractivity contribution in [2.24, 2.45) is 0 Å². The molecule has 2 nitrogen and oxygen atoms in total. The first-order valence-electron chi connectivity index (χ1n) is 25.2. The maximum atomic E-state index is 2.64. The average molecular weight is 875 g/mol. The van der Waals surface area contributed by atoms with E-state index in [4.69, 9.17) is 0 Å². The molecular weight excluding hydrogens is 818 g/mol. The largest absolute Gasteiger partial charge is 0.310 e. The van der Waals surface area contributed by atoms with Crippen LogP contribution in [0.15, 0.2) is 103 Å². The highest BCUT2D eigenvalue weighted by Crippen LogP contribution is 2.49. The molecule has 0 saturated carbocycles. The Balaban J connectivity index is 1.19. The zero-order chi connectivity index (χ0) is 49.1. The number of rotatable bonds is 4. The van der Waals surface area contributed by atoms with Gasteiger partial charge in [0, 0.05) is 44.0 Å². The molecular formula is C55H56B12N2. The summed E-state index contributed by atoms with van der Waals surface area (Å²) in [6, 6.07) is 40.0.